The summed E-state index contributed by atoms with van der Waals surface area (Å²) in [6, 6.07) is 6.35. The molecule has 1 heterocycles. The Hall–Kier alpha value is -1.91. The van der Waals surface area contributed by atoms with Gasteiger partial charge in [-0.3, -0.25) is 9.59 Å². The summed E-state index contributed by atoms with van der Waals surface area (Å²) in [5.41, 5.74) is 0.965. The smallest absolute Gasteiger partial charge is 0.241 e. The second-order valence-corrected chi connectivity index (χ2v) is 7.30. The maximum Gasteiger partial charge on any atom is 0.241 e. The molecule has 1 N–H and O–H groups in total. The molecule has 0 spiro atoms. The van der Waals surface area contributed by atoms with E-state index in [4.69, 9.17) is 0 Å². The Morgan fingerprint density at radius 1 is 1.12 bits per heavy atom. The number of benzene rings is 1. The number of piperidine rings is 1. The van der Waals surface area contributed by atoms with Crippen molar-refractivity contribution in [3.8, 4) is 0 Å². The highest BCUT2D eigenvalue weighted by Crippen LogP contribution is 2.27. The topological polar surface area (TPSA) is 49.4 Å². The highest BCUT2D eigenvalue weighted by molar-refractivity contribution is 5.85. The van der Waals surface area contributed by atoms with E-state index in [1.807, 2.05) is 4.90 Å². The minimum Gasteiger partial charge on any atom is -0.347 e. The minimum absolute atomic E-state index is 0.00441. The second-order valence-electron chi connectivity index (χ2n) is 7.30. The molecular weight excluding hydrogens is 319 g/mol. The predicted molar refractivity (Wildman–Crippen MR) is 96.7 cm³/mol. The van der Waals surface area contributed by atoms with Crippen LogP contribution >= 0.6 is 0 Å². The summed E-state index contributed by atoms with van der Waals surface area (Å²) in [6.07, 6.45) is 4.42. The third-order valence-electron chi connectivity index (χ3n) is 4.67. The normalized spacial score (nSPS) is 15.9. The molecule has 1 saturated heterocycles. The van der Waals surface area contributed by atoms with Crippen LogP contribution in [0.4, 0.5) is 4.39 Å². The molecule has 1 aromatic carbocycles. The first-order valence-corrected chi connectivity index (χ1v) is 9.25. The lowest BCUT2D eigenvalue weighted by Gasteiger charge is -2.27. The molecule has 1 aliphatic rings. The van der Waals surface area contributed by atoms with Crippen LogP contribution in [0.5, 0.6) is 0 Å². The Morgan fingerprint density at radius 3 is 2.36 bits per heavy atom. The highest BCUT2D eigenvalue weighted by atomic mass is 19.1. The van der Waals surface area contributed by atoms with E-state index in [0.29, 0.717) is 12.3 Å². The molecule has 1 fully saturated rings. The lowest BCUT2D eigenvalue weighted by molar-refractivity contribution is -0.133. The number of carbonyl (C=O) groups excluding carboxylic acids is 2. The number of carbonyl (C=O) groups is 2. The highest BCUT2D eigenvalue weighted by Gasteiger charge is 2.20. The summed E-state index contributed by atoms with van der Waals surface area (Å²) < 4.78 is 13.1. The Kier molecular flexibility index (Phi) is 7.41. The van der Waals surface area contributed by atoms with Crippen molar-refractivity contribution in [2.45, 2.75) is 51.9 Å². The van der Waals surface area contributed by atoms with Crippen LogP contribution in [-0.4, -0.2) is 36.3 Å². The first-order chi connectivity index (χ1) is 12.0. The van der Waals surface area contributed by atoms with Crippen LogP contribution in [0.15, 0.2) is 24.3 Å². The molecule has 1 atom stereocenters. The van der Waals surface area contributed by atoms with Crippen LogP contribution < -0.4 is 5.32 Å². The number of likely N-dealkylation sites (tertiary alicyclic amines) is 1. The van der Waals surface area contributed by atoms with Gasteiger partial charge in [0.25, 0.3) is 0 Å². The fraction of sp³-hybridized carbons (Fsp3) is 0.600. The molecule has 5 heteroatoms. The molecule has 0 bridgehead atoms. The molecule has 1 unspecified atom stereocenters. The molecule has 25 heavy (non-hydrogen) atoms. The van der Waals surface area contributed by atoms with Gasteiger partial charge in [-0.1, -0.05) is 26.0 Å². The quantitative estimate of drug-likeness (QED) is 0.820. The number of hydrogen-bond donors (Lipinski definition) is 1. The van der Waals surface area contributed by atoms with E-state index in [1.165, 1.54) is 18.6 Å². The van der Waals surface area contributed by atoms with Crippen LogP contribution in [-0.2, 0) is 9.59 Å². The standard InChI is InChI=1S/C20H29FN2O2/c1-15(2)12-17(16-6-8-18(21)9-7-16)13-19(24)22-14-20(25)23-10-4-3-5-11-23/h6-9,15,17H,3-5,10-14H2,1-2H3,(H,22,24). The molecule has 0 saturated carbocycles. The van der Waals surface area contributed by atoms with E-state index in [9.17, 15) is 14.0 Å². The van der Waals surface area contributed by atoms with E-state index < -0.39 is 0 Å². The summed E-state index contributed by atoms with van der Waals surface area (Å²) in [7, 11) is 0. The van der Waals surface area contributed by atoms with Gasteiger partial charge in [0, 0.05) is 19.5 Å². The number of hydrogen-bond acceptors (Lipinski definition) is 2. The van der Waals surface area contributed by atoms with Crippen LogP contribution in [0.25, 0.3) is 0 Å². The third kappa shape index (κ3) is 6.48. The first-order valence-electron chi connectivity index (χ1n) is 9.25. The zero-order chi connectivity index (χ0) is 18.2. The van der Waals surface area contributed by atoms with E-state index in [-0.39, 0.29) is 30.1 Å². The number of amides is 2. The van der Waals surface area contributed by atoms with Crippen molar-refractivity contribution >= 4 is 11.8 Å². The van der Waals surface area contributed by atoms with Gasteiger partial charge in [0.05, 0.1) is 6.54 Å². The molecular formula is C20H29FN2O2. The largest absolute Gasteiger partial charge is 0.347 e. The fourth-order valence-electron chi connectivity index (χ4n) is 3.37. The zero-order valence-electron chi connectivity index (χ0n) is 15.3. The van der Waals surface area contributed by atoms with Crippen molar-refractivity contribution in [3.05, 3.63) is 35.6 Å². The zero-order valence-corrected chi connectivity index (χ0v) is 15.3. The molecule has 0 aliphatic carbocycles. The Bertz CT molecular complexity index is 566. The average Bonchev–Trinajstić information content (AvgIpc) is 2.60. The van der Waals surface area contributed by atoms with Crippen molar-refractivity contribution in [1.82, 2.24) is 10.2 Å². The van der Waals surface area contributed by atoms with Crippen LogP contribution in [0.2, 0.25) is 0 Å². The van der Waals surface area contributed by atoms with Gasteiger partial charge < -0.3 is 10.2 Å². The monoisotopic (exact) mass is 348 g/mol. The number of rotatable bonds is 7. The van der Waals surface area contributed by atoms with Crippen molar-refractivity contribution < 1.29 is 14.0 Å². The van der Waals surface area contributed by atoms with Gasteiger partial charge in [-0.05, 0) is 55.2 Å². The molecule has 1 aromatic rings. The van der Waals surface area contributed by atoms with Gasteiger partial charge >= 0.3 is 0 Å². The maximum atomic E-state index is 13.1. The maximum absolute atomic E-state index is 13.1. The van der Waals surface area contributed by atoms with Crippen molar-refractivity contribution in [1.29, 1.82) is 0 Å². The first kappa shape index (κ1) is 19.4. The van der Waals surface area contributed by atoms with Crippen molar-refractivity contribution in [3.63, 3.8) is 0 Å². The summed E-state index contributed by atoms with van der Waals surface area (Å²) >= 11 is 0. The lowest BCUT2D eigenvalue weighted by atomic mass is 9.87. The molecule has 0 aromatic heterocycles. The van der Waals surface area contributed by atoms with Crippen molar-refractivity contribution in [2.75, 3.05) is 19.6 Å². The van der Waals surface area contributed by atoms with Gasteiger partial charge in [0.15, 0.2) is 0 Å². The minimum atomic E-state index is -0.274. The summed E-state index contributed by atoms with van der Waals surface area (Å²) in [5, 5.41) is 2.76. The lowest BCUT2D eigenvalue weighted by Crippen LogP contribution is -2.42. The van der Waals surface area contributed by atoms with E-state index in [0.717, 1.165) is 37.9 Å². The van der Waals surface area contributed by atoms with Gasteiger partial charge in [-0.2, -0.15) is 0 Å². The Balaban J connectivity index is 1.87. The third-order valence-corrected chi connectivity index (χ3v) is 4.67. The number of halogens is 1. The molecule has 2 rings (SSSR count). The van der Waals surface area contributed by atoms with Crippen LogP contribution in [0.1, 0.15) is 57.4 Å². The van der Waals surface area contributed by atoms with Crippen molar-refractivity contribution in [2.24, 2.45) is 5.92 Å². The number of nitrogens with zero attached hydrogens (tertiary/aromatic N) is 1. The summed E-state index contributed by atoms with van der Waals surface area (Å²) in [5.74, 6) is 0.0581. The van der Waals surface area contributed by atoms with Gasteiger partial charge in [0.2, 0.25) is 11.8 Å². The Morgan fingerprint density at radius 2 is 1.76 bits per heavy atom. The van der Waals surface area contributed by atoms with E-state index >= 15 is 0 Å². The van der Waals surface area contributed by atoms with E-state index in [2.05, 4.69) is 19.2 Å². The predicted octanol–water partition coefficient (Wildman–Crippen LogP) is 3.47. The molecule has 1 aliphatic heterocycles. The second kappa shape index (κ2) is 9.54. The molecule has 2 amide bonds. The van der Waals surface area contributed by atoms with Crippen LogP contribution in [0.3, 0.4) is 0 Å². The average molecular weight is 348 g/mol. The summed E-state index contributed by atoms with van der Waals surface area (Å²) in [6.45, 7) is 5.86. The molecule has 0 radical (unpaired) electrons. The SMILES string of the molecule is CC(C)CC(CC(=O)NCC(=O)N1CCCCC1)c1ccc(F)cc1. The fourth-order valence-corrected chi connectivity index (χ4v) is 3.37. The van der Waals surface area contributed by atoms with Crippen LogP contribution in [0, 0.1) is 11.7 Å². The van der Waals surface area contributed by atoms with Gasteiger partial charge in [0.1, 0.15) is 5.82 Å². The van der Waals surface area contributed by atoms with E-state index in [1.54, 1.807) is 12.1 Å². The molecule has 4 nitrogen and oxygen atoms in total. The van der Waals surface area contributed by atoms with Gasteiger partial charge in [-0.15, -0.1) is 0 Å². The Labute approximate surface area is 149 Å². The molecule has 138 valence electrons. The van der Waals surface area contributed by atoms with Gasteiger partial charge in [-0.25, -0.2) is 4.39 Å². The number of nitrogens with one attached hydrogen (secondary N) is 1. The summed E-state index contributed by atoms with van der Waals surface area (Å²) in [4.78, 5) is 26.3.